The second-order valence-electron chi connectivity index (χ2n) is 9.36. The van der Waals surface area contributed by atoms with Crippen LogP contribution in [0.25, 0.3) is 0 Å². The van der Waals surface area contributed by atoms with Crippen molar-refractivity contribution in [1.29, 1.82) is 0 Å². The van der Waals surface area contributed by atoms with E-state index in [9.17, 15) is 0 Å². The molecule has 0 saturated carbocycles. The topological polar surface area (TPSA) is 18.5 Å². The molecule has 0 amide bonds. The predicted octanol–water partition coefficient (Wildman–Crippen LogP) is 5.28. The fraction of sp³-hybridized carbons (Fsp3) is 0.478. The van der Waals surface area contributed by atoms with Crippen LogP contribution >= 0.6 is 0 Å². The number of hydrogen-bond acceptors (Lipinski definition) is 2. The van der Waals surface area contributed by atoms with E-state index in [-0.39, 0.29) is 36.2 Å². The van der Waals surface area contributed by atoms with E-state index in [1.54, 1.807) is 0 Å². The zero-order valence-corrected chi connectivity index (χ0v) is 20.3. The molecule has 0 N–H and O–H groups in total. The molecule has 1 heterocycles. The molecule has 3 rings (SSSR count). The van der Waals surface area contributed by atoms with Gasteiger partial charge in [-0.05, 0) is 0 Å². The normalized spacial score (nSPS) is 25.1. The van der Waals surface area contributed by atoms with Gasteiger partial charge >= 0.3 is 172 Å². The van der Waals surface area contributed by atoms with E-state index in [1.807, 2.05) is 0 Å². The van der Waals surface area contributed by atoms with Crippen LogP contribution in [0.3, 0.4) is 0 Å². The minimum atomic E-state index is -1.99. The first-order chi connectivity index (χ1) is 12.5. The molecule has 0 radical (unpaired) electrons. The molecule has 2 nitrogen and oxygen atoms in total. The van der Waals surface area contributed by atoms with Gasteiger partial charge in [0.1, 0.15) is 0 Å². The van der Waals surface area contributed by atoms with Crippen LogP contribution in [-0.4, -0.2) is 33.4 Å². The van der Waals surface area contributed by atoms with Crippen LogP contribution < -0.4 is 4.46 Å². The maximum atomic E-state index is 7.25. The third-order valence-corrected chi connectivity index (χ3v) is 14.1. The molecular formula is C23H32O2SeSi. The summed E-state index contributed by atoms with van der Waals surface area (Å²) in [5.74, 6) is 0. The molecule has 4 heteroatoms. The monoisotopic (exact) mass is 448 g/mol. The molecular weight excluding hydrogens is 415 g/mol. The predicted molar refractivity (Wildman–Crippen MR) is 117 cm³/mol. The van der Waals surface area contributed by atoms with Crippen molar-refractivity contribution in [2.45, 2.75) is 69.0 Å². The Morgan fingerprint density at radius 1 is 0.926 bits per heavy atom. The Kier molecular flexibility index (Phi) is 5.53. The molecule has 0 unspecified atom stereocenters. The van der Waals surface area contributed by atoms with Crippen molar-refractivity contribution >= 4 is 27.7 Å². The van der Waals surface area contributed by atoms with Crippen molar-refractivity contribution in [3.63, 3.8) is 0 Å². The molecule has 2 atom stereocenters. The third-order valence-electron chi connectivity index (χ3n) is 5.92. The second kappa shape index (κ2) is 7.17. The Labute approximate surface area is 172 Å². The molecule has 146 valence electrons. The summed E-state index contributed by atoms with van der Waals surface area (Å²) in [6, 6.07) is 21.4. The van der Waals surface area contributed by atoms with Crippen LogP contribution in [0.4, 0.5) is 0 Å². The van der Waals surface area contributed by atoms with E-state index in [4.69, 9.17) is 9.16 Å². The van der Waals surface area contributed by atoms with Crippen LogP contribution in [-0.2, 0) is 9.16 Å². The molecule has 0 spiro atoms. The zero-order chi connectivity index (χ0) is 19.9. The Morgan fingerprint density at radius 3 is 1.93 bits per heavy atom. The van der Waals surface area contributed by atoms with Crippen LogP contribution in [0.2, 0.25) is 18.1 Å². The fourth-order valence-electron chi connectivity index (χ4n) is 3.20. The zero-order valence-electron chi connectivity index (χ0n) is 17.6. The van der Waals surface area contributed by atoms with Crippen LogP contribution in [0.15, 0.2) is 60.7 Å². The Bertz CT molecular complexity index is 768. The Balaban J connectivity index is 2.07. The summed E-state index contributed by atoms with van der Waals surface area (Å²) in [7, 11) is -1.99. The van der Waals surface area contributed by atoms with E-state index < -0.39 is 8.32 Å². The van der Waals surface area contributed by atoms with Crippen molar-refractivity contribution in [1.82, 2.24) is 0 Å². The molecule has 27 heavy (non-hydrogen) atoms. The number of hydrogen-bond donors (Lipinski definition) is 0. The van der Waals surface area contributed by atoms with Gasteiger partial charge in [-0.15, -0.1) is 0 Å². The first kappa shape index (κ1) is 20.8. The van der Waals surface area contributed by atoms with Crippen LogP contribution in [0, 0.1) is 0 Å². The average Bonchev–Trinajstić information content (AvgIpc) is 2.59. The average molecular weight is 448 g/mol. The first-order valence-electron chi connectivity index (χ1n) is 9.66. The molecule has 2 aromatic carbocycles. The summed E-state index contributed by atoms with van der Waals surface area (Å²) in [4.78, 5) is 0. The molecule has 1 aliphatic rings. The Hall–Kier alpha value is -0.904. The Morgan fingerprint density at radius 2 is 1.44 bits per heavy atom. The fourth-order valence-corrected chi connectivity index (χ4v) is 8.81. The van der Waals surface area contributed by atoms with Gasteiger partial charge in [-0.25, -0.2) is 0 Å². The molecule has 0 bridgehead atoms. The van der Waals surface area contributed by atoms with Gasteiger partial charge in [0.25, 0.3) is 0 Å². The van der Waals surface area contributed by atoms with Crippen molar-refractivity contribution < 1.29 is 9.16 Å². The van der Waals surface area contributed by atoms with Gasteiger partial charge in [0.05, 0.1) is 0 Å². The van der Waals surface area contributed by atoms with E-state index in [0.717, 1.165) is 0 Å². The molecule has 1 fully saturated rings. The maximum absolute atomic E-state index is 7.25. The number of rotatable bonds is 5. The van der Waals surface area contributed by atoms with E-state index >= 15 is 0 Å². The first-order valence-corrected chi connectivity index (χ1v) is 14.3. The summed E-state index contributed by atoms with van der Waals surface area (Å²) in [6.45, 7) is 16.0. The van der Waals surface area contributed by atoms with Gasteiger partial charge in [-0.3, -0.25) is 0 Å². The molecule has 2 aromatic rings. The molecule has 1 aliphatic heterocycles. The molecule has 0 aliphatic carbocycles. The van der Waals surface area contributed by atoms with Crippen molar-refractivity contribution in [2.75, 3.05) is 0 Å². The summed E-state index contributed by atoms with van der Waals surface area (Å²) in [5.41, 5.74) is 0.895. The van der Waals surface area contributed by atoms with Gasteiger partial charge in [-0.2, -0.15) is 0 Å². The van der Waals surface area contributed by atoms with E-state index in [1.165, 1.54) is 10.0 Å². The second-order valence-corrected chi connectivity index (χ2v) is 16.8. The minimum absolute atomic E-state index is 0.0250. The van der Waals surface area contributed by atoms with E-state index in [2.05, 4.69) is 108 Å². The van der Waals surface area contributed by atoms with Crippen molar-refractivity contribution in [3.05, 3.63) is 66.2 Å². The molecule has 0 aromatic heterocycles. The quantitative estimate of drug-likeness (QED) is 0.581. The third kappa shape index (κ3) is 3.83. The van der Waals surface area contributed by atoms with Gasteiger partial charge in [-0.1, -0.05) is 0 Å². The summed E-state index contributed by atoms with van der Waals surface area (Å²) >= 11 is 0.131. The number of benzene rings is 2. The van der Waals surface area contributed by atoms with Crippen molar-refractivity contribution in [2.24, 2.45) is 0 Å². The van der Waals surface area contributed by atoms with Gasteiger partial charge < -0.3 is 0 Å². The van der Waals surface area contributed by atoms with Crippen LogP contribution in [0.1, 0.15) is 46.3 Å². The van der Waals surface area contributed by atoms with E-state index in [0.29, 0.717) is 0 Å². The summed E-state index contributed by atoms with van der Waals surface area (Å²) in [5, 5.41) is 0.152. The van der Waals surface area contributed by atoms with Crippen LogP contribution in [0.5, 0.6) is 0 Å². The van der Waals surface area contributed by atoms with Gasteiger partial charge in [0, 0.05) is 0 Å². The van der Waals surface area contributed by atoms with Crippen molar-refractivity contribution in [3.8, 4) is 0 Å². The number of ether oxygens (including phenoxy) is 1. The van der Waals surface area contributed by atoms with Gasteiger partial charge in [0.15, 0.2) is 0 Å². The SMILES string of the molecule is CC1(C)O[C@@H](c2ccccc2)[C@]1(O[Si](C)(C)C(C)(C)C)[Se]c1ccccc1. The standard InChI is InChI=1S/C23H32O2SeSi/c1-21(2,3)27(6,7)25-23(26-19-16-12-9-13-17-19)20(24-22(23,4)5)18-14-10-8-11-15-18/h8-17,20H,1-7H3/t20-,23-/m0/s1. The summed E-state index contributed by atoms with van der Waals surface area (Å²) in [6.07, 6.45) is -0.0250. The summed E-state index contributed by atoms with van der Waals surface area (Å²) < 4.78 is 14.8. The van der Waals surface area contributed by atoms with Gasteiger partial charge in [0.2, 0.25) is 0 Å². The molecule has 1 saturated heterocycles.